The van der Waals surface area contributed by atoms with E-state index >= 15 is 0 Å². The molecule has 25 heavy (non-hydrogen) atoms. The normalized spacial score (nSPS) is 10.9. The minimum atomic E-state index is -0.354. The van der Waals surface area contributed by atoms with Gasteiger partial charge in [-0.15, -0.1) is 12.4 Å². The number of para-hydroxylation sites is 1. The van der Waals surface area contributed by atoms with E-state index in [9.17, 15) is 4.79 Å². The van der Waals surface area contributed by atoms with Gasteiger partial charge in [-0.2, -0.15) is 0 Å². The van der Waals surface area contributed by atoms with Crippen molar-refractivity contribution < 1.29 is 4.79 Å². The van der Waals surface area contributed by atoms with Gasteiger partial charge in [-0.05, 0) is 31.4 Å². The largest absolute Gasteiger partial charge is 0.370 e. The number of rotatable bonds is 9. The number of halogens is 1. The SMILES string of the molecule is CCCCCCCCCN=C(N)NC(=O)Nc1c(C)cccc1C.Cl. The molecule has 1 aromatic rings. The van der Waals surface area contributed by atoms with Gasteiger partial charge in [0.05, 0.1) is 0 Å². The van der Waals surface area contributed by atoms with Crippen LogP contribution in [0.3, 0.4) is 0 Å². The Bertz CT molecular complexity index is 526. The molecule has 0 aromatic heterocycles. The van der Waals surface area contributed by atoms with Crippen molar-refractivity contribution in [1.82, 2.24) is 5.32 Å². The molecular weight excluding hydrogens is 336 g/mol. The van der Waals surface area contributed by atoms with Crippen LogP contribution in [0.25, 0.3) is 0 Å². The highest BCUT2D eigenvalue weighted by atomic mass is 35.5. The van der Waals surface area contributed by atoms with Crippen LogP contribution in [0.15, 0.2) is 23.2 Å². The van der Waals surface area contributed by atoms with Crippen molar-refractivity contribution in [3.63, 3.8) is 0 Å². The summed E-state index contributed by atoms with van der Waals surface area (Å²) in [7, 11) is 0. The van der Waals surface area contributed by atoms with Crippen molar-refractivity contribution in [2.75, 3.05) is 11.9 Å². The van der Waals surface area contributed by atoms with Crippen molar-refractivity contribution in [2.24, 2.45) is 10.7 Å². The summed E-state index contributed by atoms with van der Waals surface area (Å²) < 4.78 is 0. The Kier molecular flexibility index (Phi) is 12.6. The second-order valence-electron chi connectivity index (χ2n) is 6.23. The first-order chi connectivity index (χ1) is 11.5. The number of benzene rings is 1. The average molecular weight is 369 g/mol. The van der Waals surface area contributed by atoms with E-state index in [0.717, 1.165) is 29.7 Å². The van der Waals surface area contributed by atoms with Gasteiger partial charge in [0.25, 0.3) is 0 Å². The third kappa shape index (κ3) is 9.97. The lowest BCUT2D eigenvalue weighted by Gasteiger charge is -2.12. The number of urea groups is 1. The fourth-order valence-corrected chi connectivity index (χ4v) is 2.58. The molecule has 0 aliphatic heterocycles. The van der Waals surface area contributed by atoms with Crippen LogP contribution in [-0.2, 0) is 0 Å². The summed E-state index contributed by atoms with van der Waals surface area (Å²) in [5, 5.41) is 5.41. The summed E-state index contributed by atoms with van der Waals surface area (Å²) in [5.74, 6) is 0.171. The van der Waals surface area contributed by atoms with E-state index in [1.807, 2.05) is 32.0 Å². The van der Waals surface area contributed by atoms with Gasteiger partial charge < -0.3 is 11.1 Å². The van der Waals surface area contributed by atoms with E-state index in [-0.39, 0.29) is 24.4 Å². The summed E-state index contributed by atoms with van der Waals surface area (Å²) in [6.07, 6.45) is 8.63. The number of hydrogen-bond donors (Lipinski definition) is 3. The topological polar surface area (TPSA) is 79.5 Å². The molecule has 0 spiro atoms. The molecule has 0 fully saturated rings. The van der Waals surface area contributed by atoms with Gasteiger partial charge in [-0.25, -0.2) is 4.79 Å². The van der Waals surface area contributed by atoms with E-state index in [1.54, 1.807) is 0 Å². The maximum Gasteiger partial charge on any atom is 0.326 e. The Morgan fingerprint density at radius 3 is 2.20 bits per heavy atom. The van der Waals surface area contributed by atoms with Crippen LogP contribution in [-0.4, -0.2) is 18.5 Å². The van der Waals surface area contributed by atoms with Crippen molar-refractivity contribution in [1.29, 1.82) is 0 Å². The van der Waals surface area contributed by atoms with Crippen molar-refractivity contribution >= 4 is 30.1 Å². The first-order valence-electron chi connectivity index (χ1n) is 8.98. The number of anilines is 1. The molecule has 0 heterocycles. The number of aryl methyl sites for hydroxylation is 2. The molecule has 4 N–H and O–H groups in total. The summed E-state index contributed by atoms with van der Waals surface area (Å²) in [4.78, 5) is 16.2. The third-order valence-corrected chi connectivity index (χ3v) is 4.01. The van der Waals surface area contributed by atoms with Gasteiger partial charge >= 0.3 is 6.03 Å². The summed E-state index contributed by atoms with van der Waals surface area (Å²) in [5.41, 5.74) is 8.61. The monoisotopic (exact) mass is 368 g/mol. The van der Waals surface area contributed by atoms with Crippen molar-refractivity contribution in [3.05, 3.63) is 29.3 Å². The van der Waals surface area contributed by atoms with Crippen molar-refractivity contribution in [2.45, 2.75) is 65.7 Å². The number of unbranched alkanes of at least 4 members (excludes halogenated alkanes) is 6. The van der Waals surface area contributed by atoms with E-state index in [4.69, 9.17) is 5.73 Å². The van der Waals surface area contributed by atoms with Gasteiger partial charge in [-0.1, -0.05) is 63.6 Å². The van der Waals surface area contributed by atoms with Crippen LogP contribution < -0.4 is 16.4 Å². The standard InChI is InChI=1S/C19H32N4O.ClH/c1-4-5-6-7-8-9-10-14-21-18(20)23-19(24)22-17-15(2)12-11-13-16(17)3;/h11-13H,4-10,14H2,1-3H3,(H4,20,21,22,23,24);1H. The lowest BCUT2D eigenvalue weighted by Crippen LogP contribution is -2.40. The predicted molar refractivity (Wildman–Crippen MR) is 110 cm³/mol. The fourth-order valence-electron chi connectivity index (χ4n) is 2.58. The molecule has 0 unspecified atom stereocenters. The molecule has 1 aromatic carbocycles. The minimum absolute atomic E-state index is 0. The lowest BCUT2D eigenvalue weighted by molar-refractivity contribution is 0.256. The Hall–Kier alpha value is -1.75. The highest BCUT2D eigenvalue weighted by Crippen LogP contribution is 2.18. The lowest BCUT2D eigenvalue weighted by atomic mass is 10.1. The van der Waals surface area contributed by atoms with Gasteiger partial charge in [-0.3, -0.25) is 10.3 Å². The number of nitrogens with two attached hydrogens (primary N) is 1. The van der Waals surface area contributed by atoms with Crippen molar-refractivity contribution in [3.8, 4) is 0 Å². The number of nitrogens with one attached hydrogen (secondary N) is 2. The molecule has 2 amide bonds. The van der Waals surface area contributed by atoms with E-state index < -0.39 is 0 Å². The van der Waals surface area contributed by atoms with E-state index in [2.05, 4.69) is 22.5 Å². The Balaban J connectivity index is 0.00000576. The summed E-state index contributed by atoms with van der Waals surface area (Å²) in [6.45, 7) is 6.80. The van der Waals surface area contributed by atoms with E-state index in [1.165, 1.54) is 32.1 Å². The van der Waals surface area contributed by atoms with Crippen LogP contribution in [0.2, 0.25) is 0 Å². The zero-order chi connectivity index (χ0) is 17.8. The second kappa shape index (κ2) is 13.5. The average Bonchev–Trinajstić information content (AvgIpc) is 2.53. The first-order valence-corrected chi connectivity index (χ1v) is 8.98. The van der Waals surface area contributed by atoms with Crippen LogP contribution in [0, 0.1) is 13.8 Å². The maximum atomic E-state index is 12.0. The highest BCUT2D eigenvalue weighted by molar-refractivity contribution is 6.02. The first kappa shape index (κ1) is 23.2. The Morgan fingerprint density at radius 1 is 1.04 bits per heavy atom. The number of carbonyl (C=O) groups is 1. The van der Waals surface area contributed by atoms with Crippen LogP contribution in [0.5, 0.6) is 0 Å². The molecule has 142 valence electrons. The molecule has 0 aliphatic carbocycles. The maximum absolute atomic E-state index is 12.0. The fraction of sp³-hybridized carbons (Fsp3) is 0.579. The van der Waals surface area contributed by atoms with Gasteiger partial charge in [0.2, 0.25) is 0 Å². The molecule has 0 atom stereocenters. The second-order valence-corrected chi connectivity index (χ2v) is 6.23. The Labute approximate surface area is 158 Å². The molecule has 0 saturated heterocycles. The number of guanidine groups is 1. The third-order valence-electron chi connectivity index (χ3n) is 4.01. The molecule has 0 radical (unpaired) electrons. The summed E-state index contributed by atoms with van der Waals surface area (Å²) in [6, 6.07) is 5.53. The molecule has 6 heteroatoms. The van der Waals surface area contributed by atoms with Gasteiger partial charge in [0.15, 0.2) is 5.96 Å². The Morgan fingerprint density at radius 2 is 1.60 bits per heavy atom. The van der Waals surface area contributed by atoms with E-state index in [0.29, 0.717) is 6.54 Å². The zero-order valence-electron chi connectivity index (χ0n) is 15.7. The predicted octanol–water partition coefficient (Wildman–Crippen LogP) is 4.91. The molecule has 5 nitrogen and oxygen atoms in total. The zero-order valence-corrected chi connectivity index (χ0v) is 16.5. The number of carbonyl (C=O) groups excluding carboxylic acids is 1. The number of nitrogens with zero attached hydrogens (tertiary/aromatic N) is 1. The number of aliphatic imine (C=N–C) groups is 1. The molecule has 1 rings (SSSR count). The molecular formula is C19H33ClN4O. The quantitative estimate of drug-likeness (QED) is 0.329. The molecule has 0 saturated carbocycles. The van der Waals surface area contributed by atoms with Gasteiger partial charge in [0.1, 0.15) is 0 Å². The minimum Gasteiger partial charge on any atom is -0.370 e. The van der Waals surface area contributed by atoms with Gasteiger partial charge in [0, 0.05) is 12.2 Å². The number of amides is 2. The van der Waals surface area contributed by atoms with Crippen LogP contribution in [0.4, 0.5) is 10.5 Å². The van der Waals surface area contributed by atoms with Crippen LogP contribution in [0.1, 0.15) is 63.0 Å². The number of hydrogen-bond acceptors (Lipinski definition) is 2. The molecule has 0 aliphatic rings. The highest BCUT2D eigenvalue weighted by Gasteiger charge is 2.07. The molecule has 0 bridgehead atoms. The van der Waals surface area contributed by atoms with Crippen LogP contribution >= 0.6 is 12.4 Å². The smallest absolute Gasteiger partial charge is 0.326 e. The summed E-state index contributed by atoms with van der Waals surface area (Å²) >= 11 is 0.